The van der Waals surface area contributed by atoms with Crippen LogP contribution in [0.15, 0.2) is 22.5 Å². The van der Waals surface area contributed by atoms with Crippen LogP contribution in [0, 0.1) is 12.7 Å². The van der Waals surface area contributed by atoms with Gasteiger partial charge < -0.3 is 10.6 Å². The third-order valence-corrected chi connectivity index (χ3v) is 5.08. The lowest BCUT2D eigenvalue weighted by molar-refractivity contribution is -0.115. The van der Waals surface area contributed by atoms with Crippen LogP contribution in [-0.4, -0.2) is 27.9 Å². The molecular formula is C15H19FN4OS2. The van der Waals surface area contributed by atoms with Gasteiger partial charge in [0.15, 0.2) is 4.34 Å². The van der Waals surface area contributed by atoms with Gasteiger partial charge in [0.1, 0.15) is 5.82 Å². The molecule has 0 radical (unpaired) electrons. The first-order valence-corrected chi connectivity index (χ1v) is 9.00. The van der Waals surface area contributed by atoms with Gasteiger partial charge in [-0.2, -0.15) is 0 Å². The second-order valence-corrected chi connectivity index (χ2v) is 7.58. The summed E-state index contributed by atoms with van der Waals surface area (Å²) in [5, 5.41) is 14.3. The molecule has 0 bridgehead atoms. The number of aromatic nitrogens is 2. The number of amides is 1. The van der Waals surface area contributed by atoms with Gasteiger partial charge in [-0.25, -0.2) is 4.39 Å². The minimum absolute atomic E-state index is 0.198. The van der Waals surface area contributed by atoms with Crippen LogP contribution in [-0.2, 0) is 4.79 Å². The lowest BCUT2D eigenvalue weighted by atomic mass is 10.2. The topological polar surface area (TPSA) is 66.9 Å². The fourth-order valence-corrected chi connectivity index (χ4v) is 3.60. The van der Waals surface area contributed by atoms with E-state index in [2.05, 4.69) is 27.8 Å². The average Bonchev–Trinajstić information content (AvgIpc) is 2.96. The summed E-state index contributed by atoms with van der Waals surface area (Å²) in [6.45, 7) is 6.38. The molecule has 124 valence electrons. The molecule has 1 atom stereocenters. The highest BCUT2D eigenvalue weighted by Crippen LogP contribution is 2.29. The number of carbonyl (C=O) groups is 1. The summed E-state index contributed by atoms with van der Waals surface area (Å²) in [5.74, 6) is -0.532. The first-order chi connectivity index (χ1) is 11.0. The number of halogens is 1. The van der Waals surface area contributed by atoms with Crippen molar-refractivity contribution < 1.29 is 9.18 Å². The first kappa shape index (κ1) is 17.7. The van der Waals surface area contributed by atoms with Crippen molar-refractivity contribution in [3.05, 3.63) is 29.6 Å². The van der Waals surface area contributed by atoms with Gasteiger partial charge in [0, 0.05) is 12.2 Å². The highest BCUT2D eigenvalue weighted by molar-refractivity contribution is 8.02. The number of hydrogen-bond donors (Lipinski definition) is 2. The molecule has 0 saturated carbocycles. The van der Waals surface area contributed by atoms with Crippen molar-refractivity contribution in [2.45, 2.75) is 36.8 Å². The molecule has 1 amide bonds. The van der Waals surface area contributed by atoms with Crippen LogP contribution < -0.4 is 10.6 Å². The maximum atomic E-state index is 13.5. The molecular weight excluding hydrogens is 335 g/mol. The van der Waals surface area contributed by atoms with Crippen LogP contribution in [0.4, 0.5) is 15.2 Å². The van der Waals surface area contributed by atoms with Crippen molar-refractivity contribution in [2.24, 2.45) is 0 Å². The fourth-order valence-electron chi connectivity index (χ4n) is 1.68. The van der Waals surface area contributed by atoms with Gasteiger partial charge >= 0.3 is 0 Å². The highest BCUT2D eigenvalue weighted by Gasteiger charge is 2.17. The molecule has 2 aromatic rings. The van der Waals surface area contributed by atoms with Crippen LogP contribution >= 0.6 is 23.1 Å². The van der Waals surface area contributed by atoms with E-state index in [4.69, 9.17) is 0 Å². The normalized spacial score (nSPS) is 12.0. The summed E-state index contributed by atoms with van der Waals surface area (Å²) < 4.78 is 14.2. The Kier molecular flexibility index (Phi) is 6.35. The Morgan fingerprint density at radius 3 is 2.91 bits per heavy atom. The summed E-state index contributed by atoms with van der Waals surface area (Å²) >= 11 is 2.75. The Balaban J connectivity index is 1.91. The van der Waals surface area contributed by atoms with Crippen LogP contribution in [0.2, 0.25) is 0 Å². The first-order valence-electron chi connectivity index (χ1n) is 7.30. The molecule has 1 aromatic carbocycles. The van der Waals surface area contributed by atoms with Gasteiger partial charge in [-0.3, -0.25) is 4.79 Å². The Morgan fingerprint density at radius 2 is 2.22 bits per heavy atom. The lowest BCUT2D eigenvalue weighted by Crippen LogP contribution is -2.22. The lowest BCUT2D eigenvalue weighted by Gasteiger charge is -2.10. The maximum Gasteiger partial charge on any atom is 0.237 e. The SMILES string of the molecule is CCCNc1nnc(S[C@@H](C)C(=O)Nc2ccc(C)c(F)c2)s1. The standard InChI is InChI=1S/C15H19FN4OS2/c1-4-7-17-14-19-20-15(23-14)22-10(3)13(21)18-11-6-5-9(2)12(16)8-11/h5-6,8,10H,4,7H2,1-3H3,(H,17,19)(H,18,21)/t10-/m0/s1. The monoisotopic (exact) mass is 354 g/mol. The minimum atomic E-state index is -0.355. The number of rotatable bonds is 7. The van der Waals surface area contributed by atoms with E-state index in [-0.39, 0.29) is 17.0 Å². The summed E-state index contributed by atoms with van der Waals surface area (Å²) in [6.07, 6.45) is 1.01. The van der Waals surface area contributed by atoms with Crippen LogP contribution in [0.25, 0.3) is 0 Å². The molecule has 23 heavy (non-hydrogen) atoms. The zero-order valence-corrected chi connectivity index (χ0v) is 14.9. The second kappa shape index (κ2) is 8.26. The van der Waals surface area contributed by atoms with Gasteiger partial charge in [0.25, 0.3) is 0 Å². The Labute approximate surface area is 143 Å². The number of aryl methyl sites for hydroxylation is 1. The molecule has 0 fully saturated rings. The van der Waals surface area contributed by atoms with E-state index in [1.165, 1.54) is 29.2 Å². The quantitative estimate of drug-likeness (QED) is 0.738. The number of benzene rings is 1. The van der Waals surface area contributed by atoms with E-state index in [9.17, 15) is 9.18 Å². The smallest absolute Gasteiger partial charge is 0.237 e. The average molecular weight is 354 g/mol. The van der Waals surface area contributed by atoms with Gasteiger partial charge in [-0.15, -0.1) is 10.2 Å². The Hall–Kier alpha value is -1.67. The van der Waals surface area contributed by atoms with Crippen molar-refractivity contribution in [2.75, 3.05) is 17.2 Å². The van der Waals surface area contributed by atoms with Gasteiger partial charge in [-0.05, 0) is 38.0 Å². The molecule has 0 aliphatic heterocycles. The third kappa shape index (κ3) is 5.18. The van der Waals surface area contributed by atoms with E-state index < -0.39 is 0 Å². The van der Waals surface area contributed by atoms with Crippen molar-refractivity contribution in [1.29, 1.82) is 0 Å². The van der Waals surface area contributed by atoms with Gasteiger partial charge in [-0.1, -0.05) is 36.1 Å². The van der Waals surface area contributed by atoms with Crippen molar-refractivity contribution >= 4 is 39.8 Å². The molecule has 2 N–H and O–H groups in total. The van der Waals surface area contributed by atoms with Crippen molar-refractivity contribution in [3.8, 4) is 0 Å². The zero-order valence-electron chi connectivity index (χ0n) is 13.2. The maximum absolute atomic E-state index is 13.5. The fraction of sp³-hybridized carbons (Fsp3) is 0.400. The van der Waals surface area contributed by atoms with E-state index in [0.717, 1.165) is 22.4 Å². The predicted molar refractivity (Wildman–Crippen MR) is 93.8 cm³/mol. The molecule has 0 aliphatic rings. The van der Waals surface area contributed by atoms with E-state index in [1.54, 1.807) is 26.0 Å². The van der Waals surface area contributed by atoms with Crippen molar-refractivity contribution in [1.82, 2.24) is 10.2 Å². The van der Waals surface area contributed by atoms with Gasteiger partial charge in [0.2, 0.25) is 11.0 Å². The summed E-state index contributed by atoms with van der Waals surface area (Å²) in [6, 6.07) is 4.65. The molecule has 1 heterocycles. The number of anilines is 2. The Bertz CT molecular complexity index is 677. The predicted octanol–water partition coefficient (Wildman–Crippen LogP) is 3.93. The number of carbonyl (C=O) groups excluding carboxylic acids is 1. The number of hydrogen-bond acceptors (Lipinski definition) is 6. The van der Waals surface area contributed by atoms with Crippen LogP contribution in [0.5, 0.6) is 0 Å². The van der Waals surface area contributed by atoms with Crippen LogP contribution in [0.1, 0.15) is 25.8 Å². The molecule has 0 saturated heterocycles. The number of nitrogens with zero attached hydrogens (tertiary/aromatic N) is 2. The van der Waals surface area contributed by atoms with Crippen LogP contribution in [0.3, 0.4) is 0 Å². The van der Waals surface area contributed by atoms with E-state index >= 15 is 0 Å². The molecule has 0 aliphatic carbocycles. The summed E-state index contributed by atoms with van der Waals surface area (Å²) in [7, 11) is 0. The molecule has 1 aromatic heterocycles. The molecule has 0 spiro atoms. The molecule has 2 rings (SSSR count). The summed E-state index contributed by atoms with van der Waals surface area (Å²) in [4.78, 5) is 12.2. The second-order valence-electron chi connectivity index (χ2n) is 5.01. The molecule has 8 heteroatoms. The Morgan fingerprint density at radius 1 is 1.43 bits per heavy atom. The summed E-state index contributed by atoms with van der Waals surface area (Å²) in [5.41, 5.74) is 1.000. The van der Waals surface area contributed by atoms with Gasteiger partial charge in [0.05, 0.1) is 5.25 Å². The zero-order chi connectivity index (χ0) is 16.8. The number of thioether (sulfide) groups is 1. The number of nitrogens with one attached hydrogen (secondary N) is 2. The minimum Gasteiger partial charge on any atom is -0.360 e. The molecule has 0 unspecified atom stereocenters. The highest BCUT2D eigenvalue weighted by atomic mass is 32.2. The third-order valence-electron chi connectivity index (χ3n) is 3.02. The van der Waals surface area contributed by atoms with E-state index in [1.807, 2.05) is 0 Å². The van der Waals surface area contributed by atoms with Crippen molar-refractivity contribution in [3.63, 3.8) is 0 Å². The largest absolute Gasteiger partial charge is 0.360 e. The molecule has 5 nitrogen and oxygen atoms in total. The van der Waals surface area contributed by atoms with E-state index in [0.29, 0.717) is 11.3 Å².